The lowest BCUT2D eigenvalue weighted by atomic mass is 10.1. The number of aromatic nitrogens is 1. The Balaban J connectivity index is 2.55. The lowest BCUT2D eigenvalue weighted by molar-refractivity contribution is 0.0997. The van der Waals surface area contributed by atoms with Crippen molar-refractivity contribution in [1.82, 2.24) is 4.98 Å². The molecule has 0 spiro atoms. The largest absolute Gasteiger partial charge is 0.497 e. The van der Waals surface area contributed by atoms with Crippen LogP contribution in [0.25, 0.3) is 10.9 Å². The minimum atomic E-state index is -0.898. The monoisotopic (exact) mass is 347 g/mol. The summed E-state index contributed by atoms with van der Waals surface area (Å²) in [4.78, 5) is 4.33. The average molecular weight is 347 g/mol. The number of methoxy groups -OCH3 is 2. The van der Waals surface area contributed by atoms with E-state index < -0.39 is 5.60 Å². The lowest BCUT2D eigenvalue weighted by Crippen LogP contribution is -2.36. The number of nitriles is 1. The number of aliphatic hydroxyl groups is 1. The molecule has 2 rings (SSSR count). The van der Waals surface area contributed by atoms with Crippen molar-refractivity contribution in [3.8, 4) is 17.6 Å². The summed E-state index contributed by atoms with van der Waals surface area (Å²) in [6, 6.07) is 5.69. The molecule has 7 heteroatoms. The van der Waals surface area contributed by atoms with Gasteiger partial charge in [0, 0.05) is 29.9 Å². The first kappa shape index (κ1) is 18.2. The number of fused-ring (bicyclic) bond motifs is 1. The summed E-state index contributed by atoms with van der Waals surface area (Å²) >= 11 is 1.56. The van der Waals surface area contributed by atoms with Gasteiger partial charge in [-0.15, -0.1) is 0 Å². The number of rotatable bonds is 7. The van der Waals surface area contributed by atoms with Crippen molar-refractivity contribution in [2.75, 3.05) is 38.1 Å². The van der Waals surface area contributed by atoms with E-state index in [1.807, 2.05) is 6.26 Å². The fourth-order valence-corrected chi connectivity index (χ4v) is 3.16. The van der Waals surface area contributed by atoms with E-state index in [-0.39, 0.29) is 0 Å². The molecule has 0 aliphatic heterocycles. The number of hydrogen-bond acceptors (Lipinski definition) is 7. The van der Waals surface area contributed by atoms with Gasteiger partial charge in [0.05, 0.1) is 31.1 Å². The minimum Gasteiger partial charge on any atom is -0.497 e. The summed E-state index contributed by atoms with van der Waals surface area (Å²) in [7, 11) is 3.13. The molecule has 0 aliphatic rings. The van der Waals surface area contributed by atoms with Crippen LogP contribution in [0.1, 0.15) is 12.5 Å². The lowest BCUT2D eigenvalue weighted by Gasteiger charge is -2.24. The van der Waals surface area contributed by atoms with Gasteiger partial charge in [0.2, 0.25) is 0 Å². The van der Waals surface area contributed by atoms with E-state index in [0.717, 1.165) is 0 Å². The van der Waals surface area contributed by atoms with Crippen LogP contribution in [0.2, 0.25) is 0 Å². The van der Waals surface area contributed by atoms with Crippen molar-refractivity contribution in [2.45, 2.75) is 12.5 Å². The van der Waals surface area contributed by atoms with E-state index in [4.69, 9.17) is 9.47 Å². The molecule has 0 bridgehead atoms. The molecule has 2 N–H and O–H groups in total. The third-order valence-electron chi connectivity index (χ3n) is 3.59. The third kappa shape index (κ3) is 3.83. The Bertz CT molecular complexity index is 772. The Labute approximate surface area is 145 Å². The van der Waals surface area contributed by atoms with Gasteiger partial charge in [0.15, 0.2) is 0 Å². The number of hydrogen-bond donors (Lipinski definition) is 2. The summed E-state index contributed by atoms with van der Waals surface area (Å²) in [5.74, 6) is 1.75. The second-order valence-electron chi connectivity index (χ2n) is 5.67. The Morgan fingerprint density at radius 3 is 2.71 bits per heavy atom. The summed E-state index contributed by atoms with van der Waals surface area (Å²) in [5.41, 5.74) is 0.744. The van der Waals surface area contributed by atoms with Crippen LogP contribution in [-0.4, -0.2) is 48.5 Å². The van der Waals surface area contributed by atoms with Crippen LogP contribution in [0, 0.1) is 11.3 Å². The normalized spacial score (nSPS) is 13.2. The number of nitrogens with zero attached hydrogens (tertiary/aromatic N) is 2. The molecule has 0 fully saturated rings. The third-order valence-corrected chi connectivity index (χ3v) is 4.50. The van der Waals surface area contributed by atoms with E-state index in [1.165, 1.54) is 6.20 Å². The molecule has 0 unspecified atom stereocenters. The van der Waals surface area contributed by atoms with Gasteiger partial charge in [0.1, 0.15) is 23.1 Å². The van der Waals surface area contributed by atoms with Crippen LogP contribution in [0.5, 0.6) is 11.5 Å². The average Bonchev–Trinajstić information content (AvgIpc) is 2.58. The number of thioether (sulfide) groups is 1. The van der Waals surface area contributed by atoms with Gasteiger partial charge >= 0.3 is 0 Å². The Hall–Kier alpha value is -2.17. The summed E-state index contributed by atoms with van der Waals surface area (Å²) < 4.78 is 10.7. The molecule has 2 aromatic rings. The van der Waals surface area contributed by atoms with Crippen molar-refractivity contribution in [3.63, 3.8) is 0 Å². The smallest absolute Gasteiger partial charge is 0.148 e. The van der Waals surface area contributed by atoms with E-state index in [9.17, 15) is 10.4 Å². The number of ether oxygens (including phenoxy) is 2. The Kier molecular flexibility index (Phi) is 5.75. The number of pyridine rings is 1. The highest BCUT2D eigenvalue weighted by molar-refractivity contribution is 7.98. The molecule has 1 atom stereocenters. The Morgan fingerprint density at radius 1 is 1.38 bits per heavy atom. The molecule has 0 amide bonds. The van der Waals surface area contributed by atoms with E-state index in [0.29, 0.717) is 46.0 Å². The predicted octanol–water partition coefficient (Wildman–Crippen LogP) is 2.65. The Morgan fingerprint density at radius 2 is 2.12 bits per heavy atom. The van der Waals surface area contributed by atoms with Crippen molar-refractivity contribution in [2.24, 2.45) is 0 Å². The standard InChI is InChI=1S/C17H21N3O3S/c1-17(21,10-24-4)9-20-15-11(7-18)8-19-16-13(15)5-12(22-2)6-14(16)23-3/h5-6,8,21H,9-10H2,1-4H3,(H,19,20)/t17-/m0/s1. The molecule has 1 aromatic carbocycles. The van der Waals surface area contributed by atoms with Crippen LogP contribution in [0.3, 0.4) is 0 Å². The second kappa shape index (κ2) is 7.60. The second-order valence-corrected chi connectivity index (χ2v) is 6.53. The minimum absolute atomic E-state index is 0.307. The fraction of sp³-hybridized carbons (Fsp3) is 0.412. The molecule has 0 saturated carbocycles. The maximum Gasteiger partial charge on any atom is 0.148 e. The predicted molar refractivity (Wildman–Crippen MR) is 97.1 cm³/mol. The van der Waals surface area contributed by atoms with Crippen LogP contribution >= 0.6 is 11.8 Å². The van der Waals surface area contributed by atoms with Crippen molar-refractivity contribution in [3.05, 3.63) is 23.9 Å². The maximum atomic E-state index is 10.4. The van der Waals surface area contributed by atoms with Crippen molar-refractivity contribution in [1.29, 1.82) is 5.26 Å². The van der Waals surface area contributed by atoms with E-state index in [1.54, 1.807) is 45.0 Å². The molecule has 0 radical (unpaired) electrons. The highest BCUT2D eigenvalue weighted by Gasteiger charge is 2.21. The van der Waals surface area contributed by atoms with E-state index >= 15 is 0 Å². The number of nitrogens with one attached hydrogen (secondary N) is 1. The highest BCUT2D eigenvalue weighted by Crippen LogP contribution is 2.35. The topological polar surface area (TPSA) is 87.4 Å². The first-order valence-corrected chi connectivity index (χ1v) is 8.75. The van der Waals surface area contributed by atoms with Gasteiger partial charge in [-0.1, -0.05) is 0 Å². The summed E-state index contributed by atoms with van der Waals surface area (Å²) in [6.45, 7) is 2.06. The molecule has 24 heavy (non-hydrogen) atoms. The molecule has 0 saturated heterocycles. The van der Waals surface area contributed by atoms with Crippen molar-refractivity contribution >= 4 is 28.4 Å². The zero-order valence-corrected chi connectivity index (χ0v) is 15.0. The van der Waals surface area contributed by atoms with Crippen LogP contribution < -0.4 is 14.8 Å². The van der Waals surface area contributed by atoms with Gasteiger partial charge in [-0.2, -0.15) is 17.0 Å². The fourth-order valence-electron chi connectivity index (χ4n) is 2.43. The van der Waals surface area contributed by atoms with Gasteiger partial charge in [-0.25, -0.2) is 0 Å². The zero-order valence-electron chi connectivity index (χ0n) is 14.2. The molecule has 6 nitrogen and oxygen atoms in total. The van der Waals surface area contributed by atoms with Gasteiger partial charge < -0.3 is 19.9 Å². The zero-order chi connectivity index (χ0) is 17.7. The number of anilines is 1. The molecule has 128 valence electrons. The van der Waals surface area contributed by atoms with E-state index in [2.05, 4.69) is 16.4 Å². The first-order chi connectivity index (χ1) is 11.5. The first-order valence-electron chi connectivity index (χ1n) is 7.35. The summed E-state index contributed by atoms with van der Waals surface area (Å²) in [5, 5.41) is 23.7. The van der Waals surface area contributed by atoms with Crippen LogP contribution in [0.4, 0.5) is 5.69 Å². The van der Waals surface area contributed by atoms with Gasteiger partial charge in [-0.05, 0) is 19.2 Å². The van der Waals surface area contributed by atoms with Gasteiger partial charge in [0.25, 0.3) is 0 Å². The number of benzene rings is 1. The van der Waals surface area contributed by atoms with Crippen LogP contribution in [-0.2, 0) is 0 Å². The van der Waals surface area contributed by atoms with Crippen molar-refractivity contribution < 1.29 is 14.6 Å². The molecular weight excluding hydrogens is 326 g/mol. The SMILES string of the molecule is COc1cc(OC)c2ncc(C#N)c(NC[C@](C)(O)CSC)c2c1. The molecule has 0 aliphatic carbocycles. The molecular formula is C17H21N3O3S. The highest BCUT2D eigenvalue weighted by atomic mass is 32.2. The quantitative estimate of drug-likeness (QED) is 0.796. The molecule has 1 heterocycles. The van der Waals surface area contributed by atoms with Gasteiger partial charge in [-0.3, -0.25) is 4.98 Å². The molecule has 1 aromatic heterocycles. The summed E-state index contributed by atoms with van der Waals surface area (Å²) in [6.07, 6.45) is 3.44. The maximum absolute atomic E-state index is 10.4. The van der Waals surface area contributed by atoms with Crippen LogP contribution in [0.15, 0.2) is 18.3 Å².